The normalized spacial score (nSPS) is 14.5. The predicted molar refractivity (Wildman–Crippen MR) is 150 cm³/mol. The van der Waals surface area contributed by atoms with Gasteiger partial charge in [0.1, 0.15) is 0 Å². The van der Waals surface area contributed by atoms with Gasteiger partial charge in [0.15, 0.2) is 0 Å². The van der Waals surface area contributed by atoms with Crippen molar-refractivity contribution in [2.24, 2.45) is 17.8 Å². The number of unbranched alkanes of at least 4 members (excludes halogenated alkanes) is 14. The lowest BCUT2D eigenvalue weighted by atomic mass is 9.93. The minimum Gasteiger partial charge on any atom is -0.0654 e. The first-order valence-electron chi connectivity index (χ1n) is 15.6. The predicted octanol–water partition coefficient (Wildman–Crippen LogP) is 12.3. The molecule has 0 nitrogen and oxygen atoms in total. The molecule has 0 saturated carbocycles. The van der Waals surface area contributed by atoms with Gasteiger partial charge in [-0.1, -0.05) is 189 Å². The summed E-state index contributed by atoms with van der Waals surface area (Å²) in [6.07, 6.45) is 35.0. The summed E-state index contributed by atoms with van der Waals surface area (Å²) in [5.41, 5.74) is 0. The van der Waals surface area contributed by atoms with Crippen LogP contribution in [0.15, 0.2) is 0 Å². The number of hydrogen-bond acceptors (Lipinski definition) is 0. The highest BCUT2D eigenvalue weighted by atomic mass is 14.1. The molecule has 0 saturated heterocycles. The third-order valence-electron chi connectivity index (χ3n) is 7.89. The van der Waals surface area contributed by atoms with Gasteiger partial charge in [-0.3, -0.25) is 0 Å². The van der Waals surface area contributed by atoms with E-state index in [2.05, 4.69) is 34.6 Å². The second-order valence-corrected chi connectivity index (χ2v) is 11.7. The number of hydrogen-bond donors (Lipinski definition) is 0. The fraction of sp³-hybridized carbons (Fsp3) is 1.00. The third kappa shape index (κ3) is 24.6. The Balaban J connectivity index is 3.30. The Morgan fingerprint density at radius 3 is 0.719 bits per heavy atom. The van der Waals surface area contributed by atoms with Crippen LogP contribution < -0.4 is 0 Å². The van der Waals surface area contributed by atoms with Crippen LogP contribution in [0.25, 0.3) is 0 Å². The van der Waals surface area contributed by atoms with E-state index >= 15 is 0 Å². The second-order valence-electron chi connectivity index (χ2n) is 11.7. The lowest BCUT2D eigenvalue weighted by molar-refractivity contribution is 0.407. The highest BCUT2D eigenvalue weighted by Crippen LogP contribution is 2.21. The molecule has 3 atom stereocenters. The van der Waals surface area contributed by atoms with Crippen LogP contribution in [0.3, 0.4) is 0 Å². The summed E-state index contributed by atoms with van der Waals surface area (Å²) >= 11 is 0. The van der Waals surface area contributed by atoms with E-state index < -0.39 is 0 Å². The first-order chi connectivity index (χ1) is 15.6. The van der Waals surface area contributed by atoms with E-state index in [4.69, 9.17) is 0 Å². The zero-order valence-electron chi connectivity index (χ0n) is 23.7. The van der Waals surface area contributed by atoms with Crippen LogP contribution in [0, 0.1) is 17.8 Å². The average molecular weight is 451 g/mol. The molecule has 0 N–H and O–H groups in total. The van der Waals surface area contributed by atoms with Crippen LogP contribution >= 0.6 is 0 Å². The van der Waals surface area contributed by atoms with Gasteiger partial charge in [-0.25, -0.2) is 0 Å². The van der Waals surface area contributed by atoms with Crippen LogP contribution in [0.2, 0.25) is 0 Å². The Morgan fingerprint density at radius 2 is 0.469 bits per heavy atom. The van der Waals surface area contributed by atoms with Gasteiger partial charge in [0, 0.05) is 0 Å². The molecule has 0 rings (SSSR count). The highest BCUT2D eigenvalue weighted by molar-refractivity contribution is 4.59. The van der Waals surface area contributed by atoms with Crippen molar-refractivity contribution in [1.29, 1.82) is 0 Å². The van der Waals surface area contributed by atoms with E-state index in [0.29, 0.717) is 0 Å². The number of rotatable bonds is 26. The zero-order chi connectivity index (χ0) is 23.7. The molecule has 0 aromatic heterocycles. The van der Waals surface area contributed by atoms with Crippen LogP contribution in [0.5, 0.6) is 0 Å². The Bertz CT molecular complexity index is 333. The van der Waals surface area contributed by atoms with Gasteiger partial charge in [0.2, 0.25) is 0 Å². The van der Waals surface area contributed by atoms with Gasteiger partial charge in [-0.05, 0) is 17.8 Å². The van der Waals surface area contributed by atoms with Crippen molar-refractivity contribution in [2.45, 2.75) is 189 Å². The van der Waals surface area contributed by atoms with Gasteiger partial charge < -0.3 is 0 Å². The van der Waals surface area contributed by atoms with Crippen molar-refractivity contribution in [1.82, 2.24) is 0 Å². The molecule has 0 aliphatic rings. The molecular formula is C32H66. The molecule has 3 unspecified atom stereocenters. The maximum absolute atomic E-state index is 2.50. The van der Waals surface area contributed by atoms with Crippen molar-refractivity contribution >= 4 is 0 Å². The zero-order valence-corrected chi connectivity index (χ0v) is 23.7. The molecule has 0 amide bonds. The van der Waals surface area contributed by atoms with Crippen LogP contribution in [-0.2, 0) is 0 Å². The quantitative estimate of drug-likeness (QED) is 0.115. The van der Waals surface area contributed by atoms with Gasteiger partial charge in [-0.2, -0.15) is 0 Å². The summed E-state index contributed by atoms with van der Waals surface area (Å²) in [4.78, 5) is 0. The molecule has 0 fully saturated rings. The van der Waals surface area contributed by atoms with Crippen molar-refractivity contribution < 1.29 is 0 Å². The van der Waals surface area contributed by atoms with Gasteiger partial charge in [0.25, 0.3) is 0 Å². The maximum atomic E-state index is 2.50. The Morgan fingerprint density at radius 1 is 0.281 bits per heavy atom. The molecule has 0 aliphatic carbocycles. The fourth-order valence-electron chi connectivity index (χ4n) is 5.30. The van der Waals surface area contributed by atoms with Crippen molar-refractivity contribution in [3.8, 4) is 0 Å². The van der Waals surface area contributed by atoms with E-state index in [-0.39, 0.29) is 0 Å². The Kier molecular flexibility index (Phi) is 25.6. The first-order valence-corrected chi connectivity index (χ1v) is 15.6. The summed E-state index contributed by atoms with van der Waals surface area (Å²) in [5, 5.41) is 0. The fourth-order valence-corrected chi connectivity index (χ4v) is 5.30. The average Bonchev–Trinajstić information content (AvgIpc) is 2.78. The smallest absolute Gasteiger partial charge is 0.0443 e. The molecule has 0 aromatic carbocycles. The van der Waals surface area contributed by atoms with Crippen LogP contribution in [0.1, 0.15) is 189 Å². The molecule has 194 valence electrons. The summed E-state index contributed by atoms with van der Waals surface area (Å²) in [7, 11) is 0. The van der Waals surface area contributed by atoms with E-state index in [1.165, 1.54) is 154 Å². The summed E-state index contributed by atoms with van der Waals surface area (Å²) in [6, 6.07) is 0. The molecule has 0 bridgehead atoms. The highest BCUT2D eigenvalue weighted by Gasteiger charge is 2.05. The minimum atomic E-state index is 0.959. The lowest BCUT2D eigenvalue weighted by Crippen LogP contribution is -1.97. The van der Waals surface area contributed by atoms with Crippen LogP contribution in [0.4, 0.5) is 0 Å². The van der Waals surface area contributed by atoms with Crippen molar-refractivity contribution in [2.75, 3.05) is 0 Å². The third-order valence-corrected chi connectivity index (χ3v) is 7.89. The maximum Gasteiger partial charge on any atom is -0.0443 e. The van der Waals surface area contributed by atoms with Crippen molar-refractivity contribution in [3.05, 3.63) is 0 Å². The Hall–Kier alpha value is 0. The van der Waals surface area contributed by atoms with Gasteiger partial charge >= 0.3 is 0 Å². The van der Waals surface area contributed by atoms with E-state index in [1.807, 2.05) is 0 Å². The molecule has 0 heteroatoms. The first kappa shape index (κ1) is 32.0. The SMILES string of the molecule is CCCCCCC(C)CCCCCCCCCC(C)CCCCCC(C)CCCCCC. The second kappa shape index (κ2) is 25.6. The topological polar surface area (TPSA) is 0 Å². The lowest BCUT2D eigenvalue weighted by Gasteiger charge is -2.13. The monoisotopic (exact) mass is 451 g/mol. The van der Waals surface area contributed by atoms with Crippen LogP contribution in [-0.4, -0.2) is 0 Å². The molecule has 0 aromatic rings. The minimum absolute atomic E-state index is 0.959. The summed E-state index contributed by atoms with van der Waals surface area (Å²) in [5.74, 6) is 2.89. The molecule has 0 radical (unpaired) electrons. The molecule has 0 aliphatic heterocycles. The summed E-state index contributed by atoms with van der Waals surface area (Å²) < 4.78 is 0. The van der Waals surface area contributed by atoms with E-state index in [1.54, 1.807) is 0 Å². The van der Waals surface area contributed by atoms with E-state index in [0.717, 1.165) is 17.8 Å². The molecular weight excluding hydrogens is 384 g/mol. The Labute approximate surface area is 206 Å². The van der Waals surface area contributed by atoms with Gasteiger partial charge in [0.05, 0.1) is 0 Å². The van der Waals surface area contributed by atoms with Gasteiger partial charge in [-0.15, -0.1) is 0 Å². The standard InChI is InChI=1S/C32H66/c1-6-8-10-18-24-30(3)26-20-15-13-12-14-16-21-27-32(5)29-23-17-22-28-31(4)25-19-11-9-7-2/h30-32H,6-29H2,1-5H3. The molecule has 0 heterocycles. The molecule has 32 heavy (non-hydrogen) atoms. The molecule has 0 spiro atoms. The largest absolute Gasteiger partial charge is 0.0654 e. The van der Waals surface area contributed by atoms with Crippen molar-refractivity contribution in [3.63, 3.8) is 0 Å². The van der Waals surface area contributed by atoms with E-state index in [9.17, 15) is 0 Å². The summed E-state index contributed by atoms with van der Waals surface area (Å²) in [6.45, 7) is 12.1.